The van der Waals surface area contributed by atoms with E-state index < -0.39 is 0 Å². The third-order valence-electron chi connectivity index (χ3n) is 3.52. The topological polar surface area (TPSA) is 59.1 Å². The summed E-state index contributed by atoms with van der Waals surface area (Å²) in [6.07, 6.45) is 1.57. The average Bonchev–Trinajstić information content (AvgIpc) is 2.55. The van der Waals surface area contributed by atoms with Crippen LogP contribution in [0, 0.1) is 6.92 Å². The highest BCUT2D eigenvalue weighted by Gasteiger charge is 2.10. The normalized spacial score (nSPS) is 10.7. The largest absolute Gasteiger partial charge is 0.491 e. The molecule has 0 aliphatic heterocycles. The molecule has 0 fully saturated rings. The molecule has 1 heterocycles. The second kappa shape index (κ2) is 7.07. The molecule has 2 N–H and O–H groups in total. The molecule has 0 aliphatic carbocycles. The van der Waals surface area contributed by atoms with Gasteiger partial charge in [-0.25, -0.2) is 9.97 Å². The highest BCUT2D eigenvalue weighted by Crippen LogP contribution is 2.31. The molecule has 0 amide bonds. The van der Waals surface area contributed by atoms with E-state index in [1.807, 2.05) is 37.4 Å². The van der Waals surface area contributed by atoms with Gasteiger partial charge in [-0.2, -0.15) is 0 Å². The minimum Gasteiger partial charge on any atom is -0.491 e. The summed E-state index contributed by atoms with van der Waals surface area (Å²) in [5, 5.41) is 7.34. The third-order valence-corrected chi connectivity index (χ3v) is 3.52. The Morgan fingerprint density at radius 2 is 1.96 bits per heavy atom. The lowest BCUT2D eigenvalue weighted by Gasteiger charge is -2.13. The van der Waals surface area contributed by atoms with E-state index in [9.17, 15) is 0 Å². The monoisotopic (exact) mass is 308 g/mol. The maximum atomic E-state index is 5.88. The molecule has 23 heavy (non-hydrogen) atoms. The van der Waals surface area contributed by atoms with Gasteiger partial charge in [0.2, 0.25) is 0 Å². The highest BCUT2D eigenvalue weighted by molar-refractivity contribution is 5.95. The van der Waals surface area contributed by atoms with Gasteiger partial charge in [-0.3, -0.25) is 0 Å². The number of anilines is 2. The van der Waals surface area contributed by atoms with Gasteiger partial charge in [0.05, 0.1) is 10.9 Å². The van der Waals surface area contributed by atoms with Crippen molar-refractivity contribution >= 4 is 22.4 Å². The molecule has 0 saturated carbocycles. The Hall–Kier alpha value is -2.66. The van der Waals surface area contributed by atoms with Crippen molar-refractivity contribution in [3.05, 3.63) is 54.4 Å². The van der Waals surface area contributed by atoms with Crippen LogP contribution in [0.3, 0.4) is 0 Å². The van der Waals surface area contributed by atoms with E-state index in [0.717, 1.165) is 34.7 Å². The van der Waals surface area contributed by atoms with Crippen molar-refractivity contribution in [1.29, 1.82) is 0 Å². The van der Waals surface area contributed by atoms with Gasteiger partial charge in [0.1, 0.15) is 24.5 Å². The molecular weight excluding hydrogens is 288 g/mol. The van der Waals surface area contributed by atoms with Gasteiger partial charge in [0.25, 0.3) is 0 Å². The van der Waals surface area contributed by atoms with Gasteiger partial charge in [0, 0.05) is 12.2 Å². The van der Waals surface area contributed by atoms with Crippen LogP contribution < -0.4 is 15.4 Å². The molecule has 5 heteroatoms. The van der Waals surface area contributed by atoms with Crippen molar-refractivity contribution in [3.63, 3.8) is 0 Å². The number of ether oxygens (including phenoxy) is 1. The average molecular weight is 308 g/mol. The van der Waals surface area contributed by atoms with Crippen LogP contribution in [0.1, 0.15) is 5.56 Å². The van der Waals surface area contributed by atoms with Crippen LogP contribution >= 0.6 is 0 Å². The Morgan fingerprint density at radius 1 is 1.09 bits per heavy atom. The van der Waals surface area contributed by atoms with Crippen molar-refractivity contribution in [1.82, 2.24) is 15.3 Å². The van der Waals surface area contributed by atoms with E-state index >= 15 is 0 Å². The lowest BCUT2D eigenvalue weighted by atomic mass is 10.2. The first-order chi connectivity index (χ1) is 11.3. The van der Waals surface area contributed by atoms with Gasteiger partial charge in [-0.05, 0) is 43.8 Å². The summed E-state index contributed by atoms with van der Waals surface area (Å²) < 4.78 is 5.88. The molecule has 0 unspecified atom stereocenters. The number of fused-ring (bicyclic) bond motifs is 1. The smallest absolute Gasteiger partial charge is 0.145 e. The van der Waals surface area contributed by atoms with Crippen LogP contribution in [-0.4, -0.2) is 30.2 Å². The molecule has 3 aromatic rings. The molecule has 0 bridgehead atoms. The second-order valence-electron chi connectivity index (χ2n) is 5.32. The van der Waals surface area contributed by atoms with Gasteiger partial charge in [0.15, 0.2) is 0 Å². The van der Waals surface area contributed by atoms with E-state index in [0.29, 0.717) is 6.61 Å². The zero-order chi connectivity index (χ0) is 16.1. The van der Waals surface area contributed by atoms with E-state index in [1.165, 1.54) is 5.56 Å². The SMILES string of the molecule is CNCCOc1cccc2ncnc(Nc3cccc(C)c3)c12. The van der Waals surface area contributed by atoms with E-state index in [4.69, 9.17) is 4.74 Å². The Morgan fingerprint density at radius 3 is 2.78 bits per heavy atom. The van der Waals surface area contributed by atoms with E-state index in [2.05, 4.69) is 39.7 Å². The quantitative estimate of drug-likeness (QED) is 0.684. The number of aromatic nitrogens is 2. The number of rotatable bonds is 6. The Labute approximate surface area is 135 Å². The molecule has 0 saturated heterocycles. The lowest BCUT2D eigenvalue weighted by Crippen LogP contribution is -2.16. The number of nitrogens with zero attached hydrogens (tertiary/aromatic N) is 2. The zero-order valence-electron chi connectivity index (χ0n) is 13.3. The molecule has 0 spiro atoms. The molecule has 5 nitrogen and oxygen atoms in total. The molecule has 0 radical (unpaired) electrons. The first-order valence-corrected chi connectivity index (χ1v) is 7.63. The van der Waals surface area contributed by atoms with Crippen LogP contribution in [-0.2, 0) is 0 Å². The number of hydrogen-bond acceptors (Lipinski definition) is 5. The summed E-state index contributed by atoms with van der Waals surface area (Å²) in [6.45, 7) is 3.44. The van der Waals surface area contributed by atoms with Crippen LogP contribution in [0.5, 0.6) is 5.75 Å². The van der Waals surface area contributed by atoms with Crippen molar-refractivity contribution in [2.24, 2.45) is 0 Å². The fourth-order valence-corrected chi connectivity index (χ4v) is 2.42. The summed E-state index contributed by atoms with van der Waals surface area (Å²) in [5.41, 5.74) is 3.05. The second-order valence-corrected chi connectivity index (χ2v) is 5.32. The maximum Gasteiger partial charge on any atom is 0.145 e. The first-order valence-electron chi connectivity index (χ1n) is 7.63. The standard InChI is InChI=1S/C18H20N4O/c1-13-5-3-6-14(11-13)22-18-17-15(20-12-21-18)7-4-8-16(17)23-10-9-19-2/h3-8,11-12,19H,9-10H2,1-2H3,(H,20,21,22). The highest BCUT2D eigenvalue weighted by atomic mass is 16.5. The summed E-state index contributed by atoms with van der Waals surface area (Å²) in [5.74, 6) is 1.54. The van der Waals surface area contributed by atoms with Crippen molar-refractivity contribution in [2.45, 2.75) is 6.92 Å². The molecular formula is C18H20N4O. The lowest BCUT2D eigenvalue weighted by molar-refractivity contribution is 0.322. The zero-order valence-corrected chi connectivity index (χ0v) is 13.3. The van der Waals surface area contributed by atoms with Crippen molar-refractivity contribution < 1.29 is 4.74 Å². The third kappa shape index (κ3) is 3.57. The van der Waals surface area contributed by atoms with Crippen LogP contribution in [0.25, 0.3) is 10.9 Å². The van der Waals surface area contributed by atoms with Crippen molar-refractivity contribution in [2.75, 3.05) is 25.5 Å². The molecule has 0 aliphatic rings. The van der Waals surface area contributed by atoms with Gasteiger partial charge in [-0.1, -0.05) is 18.2 Å². The van der Waals surface area contributed by atoms with Crippen LogP contribution in [0.2, 0.25) is 0 Å². The Balaban J connectivity index is 1.98. The van der Waals surface area contributed by atoms with E-state index in [-0.39, 0.29) is 0 Å². The summed E-state index contributed by atoms with van der Waals surface area (Å²) >= 11 is 0. The number of aryl methyl sites for hydroxylation is 1. The number of nitrogens with one attached hydrogen (secondary N) is 2. The van der Waals surface area contributed by atoms with Crippen LogP contribution in [0.4, 0.5) is 11.5 Å². The molecule has 2 aromatic carbocycles. The fourth-order valence-electron chi connectivity index (χ4n) is 2.42. The predicted octanol–water partition coefficient (Wildman–Crippen LogP) is 3.28. The Bertz CT molecular complexity index is 799. The number of likely N-dealkylation sites (N-methyl/N-ethyl adjacent to an activating group) is 1. The molecule has 118 valence electrons. The van der Waals surface area contributed by atoms with Gasteiger partial charge < -0.3 is 15.4 Å². The number of benzene rings is 2. The van der Waals surface area contributed by atoms with Crippen molar-refractivity contribution in [3.8, 4) is 5.75 Å². The van der Waals surface area contributed by atoms with Crippen LogP contribution in [0.15, 0.2) is 48.8 Å². The molecule has 1 aromatic heterocycles. The minimum absolute atomic E-state index is 0.592. The minimum atomic E-state index is 0.592. The first kappa shape index (κ1) is 15.2. The summed E-state index contributed by atoms with van der Waals surface area (Å²) in [6, 6.07) is 14.0. The van der Waals surface area contributed by atoms with Gasteiger partial charge >= 0.3 is 0 Å². The molecule has 3 rings (SSSR count). The predicted molar refractivity (Wildman–Crippen MR) is 93.4 cm³/mol. The fraction of sp³-hybridized carbons (Fsp3) is 0.222. The van der Waals surface area contributed by atoms with E-state index in [1.54, 1.807) is 6.33 Å². The number of hydrogen-bond donors (Lipinski definition) is 2. The van der Waals surface area contributed by atoms with Gasteiger partial charge in [-0.15, -0.1) is 0 Å². The summed E-state index contributed by atoms with van der Waals surface area (Å²) in [4.78, 5) is 8.75. The Kier molecular flexibility index (Phi) is 4.68. The maximum absolute atomic E-state index is 5.88. The summed E-state index contributed by atoms with van der Waals surface area (Å²) in [7, 11) is 1.90. The molecule has 0 atom stereocenters.